The van der Waals surface area contributed by atoms with Crippen molar-refractivity contribution < 1.29 is 44.3 Å². The average Bonchev–Trinajstić information content (AvgIpc) is 1.86. The van der Waals surface area contributed by atoms with Gasteiger partial charge in [-0.3, -0.25) is 0 Å². The van der Waals surface area contributed by atoms with Crippen LogP contribution in [-0.2, 0) is 19.5 Å². The molecule has 0 bridgehead atoms. The monoisotopic (exact) mass is 252 g/mol. The van der Waals surface area contributed by atoms with Crippen LogP contribution < -0.4 is 24.8 Å². The second kappa shape index (κ2) is 8.48. The van der Waals surface area contributed by atoms with Crippen LogP contribution in [0, 0.1) is 13.1 Å². The van der Waals surface area contributed by atoms with E-state index in [1.807, 2.05) is 19.2 Å². The molecule has 0 saturated heterocycles. The largest absolute Gasteiger partial charge is 3.00 e. The number of H-pyrrole nitrogens is 1. The first-order valence-electron chi connectivity index (χ1n) is 1.91. The Morgan fingerprint density at radius 2 is 2.00 bits per heavy atom. The second-order valence-electron chi connectivity index (χ2n) is 1.29. The molecule has 9 heavy (non-hydrogen) atoms. The molecule has 1 aromatic rings. The summed E-state index contributed by atoms with van der Waals surface area (Å²) in [5.74, 6) is 0. The number of aromatic nitrogens is 1. The minimum absolute atomic E-state index is 0. The number of aromatic amines is 1. The van der Waals surface area contributed by atoms with Crippen LogP contribution in [0.3, 0.4) is 0 Å². The molecule has 0 atom stereocenters. The molecule has 1 radical (unpaired) electrons. The molecule has 0 spiro atoms. The molecular formula is C5H6Cl2NRu. The first kappa shape index (κ1) is 16.2. The third kappa shape index (κ3) is 6.37. The summed E-state index contributed by atoms with van der Waals surface area (Å²) < 4.78 is 0. The van der Waals surface area contributed by atoms with Crippen molar-refractivity contribution in [3.63, 3.8) is 0 Å². The third-order valence-electron chi connectivity index (χ3n) is 0.686. The fraction of sp³-hybridized carbons (Fsp3) is 0.200. The minimum atomic E-state index is 0. The van der Waals surface area contributed by atoms with Gasteiger partial charge in [0.05, 0.1) is 0 Å². The molecule has 0 aliphatic carbocycles. The summed E-state index contributed by atoms with van der Waals surface area (Å²) in [7, 11) is 0. The maximum absolute atomic E-state index is 2.88. The molecule has 0 aliphatic rings. The molecule has 0 unspecified atom stereocenters. The van der Waals surface area contributed by atoms with Gasteiger partial charge in [-0.15, -0.1) is 6.20 Å². The van der Waals surface area contributed by atoms with E-state index in [1.165, 1.54) is 0 Å². The van der Waals surface area contributed by atoms with Gasteiger partial charge in [0.1, 0.15) is 0 Å². The number of hydrogen-bond acceptors (Lipinski definition) is 0. The smallest absolute Gasteiger partial charge is 1.00 e. The van der Waals surface area contributed by atoms with Gasteiger partial charge in [0.15, 0.2) is 0 Å². The molecule has 1 heterocycles. The SMILES string of the molecule is Cc1[c-][nH]cc1.[Cl-].[Cl-].[Ru+3]. The maximum Gasteiger partial charge on any atom is 3.00 e. The van der Waals surface area contributed by atoms with E-state index in [9.17, 15) is 0 Å². The van der Waals surface area contributed by atoms with Crippen molar-refractivity contribution in [3.8, 4) is 0 Å². The Labute approximate surface area is 80.2 Å². The van der Waals surface area contributed by atoms with E-state index in [2.05, 4.69) is 11.2 Å². The summed E-state index contributed by atoms with van der Waals surface area (Å²) in [6, 6.07) is 1.97. The van der Waals surface area contributed by atoms with Gasteiger partial charge in [0, 0.05) is 0 Å². The predicted octanol–water partition coefficient (Wildman–Crippen LogP) is -4.87. The molecule has 1 aromatic heterocycles. The zero-order valence-electron chi connectivity index (χ0n) is 4.76. The van der Waals surface area contributed by atoms with Crippen molar-refractivity contribution >= 4 is 0 Å². The van der Waals surface area contributed by atoms with Crippen LogP contribution in [-0.4, -0.2) is 4.98 Å². The summed E-state index contributed by atoms with van der Waals surface area (Å²) in [6.07, 6.45) is 4.73. The van der Waals surface area contributed by atoms with Gasteiger partial charge >= 0.3 is 19.5 Å². The Morgan fingerprint density at radius 3 is 2.11 bits per heavy atom. The molecule has 0 aliphatic heterocycles. The van der Waals surface area contributed by atoms with Crippen LogP contribution in [0.15, 0.2) is 12.3 Å². The maximum atomic E-state index is 2.88. The molecule has 4 heteroatoms. The Bertz CT molecular complexity index is 119. The molecule has 1 N–H and O–H groups in total. The van der Waals surface area contributed by atoms with Gasteiger partial charge in [-0.2, -0.15) is 17.8 Å². The van der Waals surface area contributed by atoms with Crippen LogP contribution >= 0.6 is 0 Å². The zero-order valence-corrected chi connectivity index (χ0v) is 8.01. The van der Waals surface area contributed by atoms with Crippen molar-refractivity contribution in [1.29, 1.82) is 0 Å². The van der Waals surface area contributed by atoms with E-state index >= 15 is 0 Å². The van der Waals surface area contributed by atoms with Gasteiger partial charge in [-0.1, -0.05) is 6.92 Å². The minimum Gasteiger partial charge on any atom is -1.00 e. The second-order valence-corrected chi connectivity index (χ2v) is 1.29. The van der Waals surface area contributed by atoms with Gasteiger partial charge in [0.2, 0.25) is 0 Å². The number of nitrogens with one attached hydrogen (secondary N) is 1. The van der Waals surface area contributed by atoms with Crippen LogP contribution in [0.1, 0.15) is 5.56 Å². The number of halogens is 2. The van der Waals surface area contributed by atoms with Crippen molar-refractivity contribution in [2.45, 2.75) is 6.92 Å². The van der Waals surface area contributed by atoms with E-state index in [4.69, 9.17) is 0 Å². The third-order valence-corrected chi connectivity index (χ3v) is 0.686. The Morgan fingerprint density at radius 1 is 1.44 bits per heavy atom. The molecular weight excluding hydrogens is 246 g/mol. The fourth-order valence-electron chi connectivity index (χ4n) is 0.364. The molecule has 0 saturated carbocycles. The summed E-state index contributed by atoms with van der Waals surface area (Å²) in [5, 5.41) is 0. The van der Waals surface area contributed by atoms with E-state index in [-0.39, 0.29) is 44.3 Å². The van der Waals surface area contributed by atoms with E-state index < -0.39 is 0 Å². The van der Waals surface area contributed by atoms with Crippen molar-refractivity contribution in [1.82, 2.24) is 4.98 Å². The van der Waals surface area contributed by atoms with Gasteiger partial charge in [-0.25, -0.2) is 0 Å². The van der Waals surface area contributed by atoms with Crippen molar-refractivity contribution in [2.24, 2.45) is 0 Å². The predicted molar refractivity (Wildman–Crippen MR) is 24.4 cm³/mol. The van der Waals surface area contributed by atoms with Crippen LogP contribution in [0.5, 0.6) is 0 Å². The van der Waals surface area contributed by atoms with Crippen molar-refractivity contribution in [3.05, 3.63) is 24.0 Å². The first-order valence-corrected chi connectivity index (χ1v) is 1.91. The van der Waals surface area contributed by atoms with Gasteiger partial charge < -0.3 is 29.8 Å². The molecule has 1 rings (SSSR count). The van der Waals surface area contributed by atoms with Gasteiger partial charge in [-0.05, 0) is 0 Å². The first-order chi connectivity index (χ1) is 2.89. The number of hydrogen-bond donors (Lipinski definition) is 1. The number of rotatable bonds is 0. The van der Waals surface area contributed by atoms with E-state index in [0.29, 0.717) is 0 Å². The van der Waals surface area contributed by atoms with E-state index in [0.717, 1.165) is 5.56 Å². The van der Waals surface area contributed by atoms with Crippen LogP contribution in [0.4, 0.5) is 0 Å². The summed E-state index contributed by atoms with van der Waals surface area (Å²) in [6.45, 7) is 2.00. The molecule has 0 aromatic carbocycles. The van der Waals surface area contributed by atoms with Crippen LogP contribution in [0.2, 0.25) is 0 Å². The molecule has 0 amide bonds. The molecule has 53 valence electrons. The topological polar surface area (TPSA) is 15.8 Å². The Hall–Kier alpha value is 0.483. The van der Waals surface area contributed by atoms with Crippen LogP contribution in [0.25, 0.3) is 0 Å². The standard InChI is InChI=1S/C5H6N.2ClH.Ru/c1-5-2-3-6-4-5;;;/h2-3,6H,1H3;2*1H;/q-1;;;+3/p-2. The van der Waals surface area contributed by atoms with Gasteiger partial charge in [0.25, 0.3) is 0 Å². The van der Waals surface area contributed by atoms with E-state index in [1.54, 1.807) is 0 Å². The van der Waals surface area contributed by atoms with Crippen molar-refractivity contribution in [2.75, 3.05) is 0 Å². The zero-order chi connectivity index (χ0) is 4.41. The number of aryl methyl sites for hydroxylation is 1. The summed E-state index contributed by atoms with van der Waals surface area (Å²) in [5.41, 5.74) is 1.16. The quantitative estimate of drug-likeness (QED) is 0.352. The fourth-order valence-corrected chi connectivity index (χ4v) is 0.364. The Kier molecular flexibility index (Phi) is 15.3. The Balaban J connectivity index is -0.000000120. The summed E-state index contributed by atoms with van der Waals surface area (Å²) >= 11 is 0. The average molecular weight is 252 g/mol. The molecule has 1 nitrogen and oxygen atoms in total. The normalized spacial score (nSPS) is 5.89. The molecule has 0 fully saturated rings. The summed E-state index contributed by atoms with van der Waals surface area (Å²) in [4.78, 5) is 2.80.